The molecule has 21 heavy (non-hydrogen) atoms. The molecule has 1 heterocycles. The molecule has 0 amide bonds. The first-order chi connectivity index (χ1) is 10.1. The molecule has 1 aromatic rings. The zero-order valence-corrected chi connectivity index (χ0v) is 12.2. The standard InChI is InChI=1S/C15H22N4O2/c16-15-4-3-14(19(20)21)9-13(15)11-18-7-5-17(6-8-18)10-12-1-2-12/h3-4,9,12H,1-2,5-8,10-11,16H2. The highest BCUT2D eigenvalue weighted by atomic mass is 16.6. The first-order valence-electron chi connectivity index (χ1n) is 7.59. The number of non-ortho nitro benzene ring substituents is 1. The molecular weight excluding hydrogens is 268 g/mol. The number of benzene rings is 1. The van der Waals surface area contributed by atoms with Crippen LogP contribution < -0.4 is 5.73 Å². The molecule has 0 atom stereocenters. The summed E-state index contributed by atoms with van der Waals surface area (Å²) in [6.45, 7) is 6.14. The molecule has 0 radical (unpaired) electrons. The molecule has 114 valence electrons. The van der Waals surface area contributed by atoms with Gasteiger partial charge in [0.2, 0.25) is 0 Å². The van der Waals surface area contributed by atoms with Crippen LogP contribution in [-0.4, -0.2) is 47.4 Å². The van der Waals surface area contributed by atoms with E-state index in [-0.39, 0.29) is 10.6 Å². The second-order valence-corrected chi connectivity index (χ2v) is 6.16. The Hall–Kier alpha value is -1.66. The van der Waals surface area contributed by atoms with Crippen molar-refractivity contribution >= 4 is 11.4 Å². The highest BCUT2D eigenvalue weighted by molar-refractivity contribution is 5.52. The van der Waals surface area contributed by atoms with E-state index in [0.29, 0.717) is 12.2 Å². The summed E-state index contributed by atoms with van der Waals surface area (Å²) < 4.78 is 0. The number of anilines is 1. The fourth-order valence-corrected chi connectivity index (χ4v) is 2.88. The Morgan fingerprint density at radius 3 is 2.48 bits per heavy atom. The monoisotopic (exact) mass is 290 g/mol. The molecule has 2 fully saturated rings. The van der Waals surface area contributed by atoms with Crippen LogP contribution in [0, 0.1) is 16.0 Å². The van der Waals surface area contributed by atoms with Gasteiger partial charge in [-0.05, 0) is 30.4 Å². The van der Waals surface area contributed by atoms with Gasteiger partial charge in [0, 0.05) is 57.1 Å². The number of piperazine rings is 1. The van der Waals surface area contributed by atoms with Gasteiger partial charge in [0.05, 0.1) is 4.92 Å². The van der Waals surface area contributed by atoms with Crippen LogP contribution in [0.2, 0.25) is 0 Å². The minimum Gasteiger partial charge on any atom is -0.398 e. The molecule has 6 nitrogen and oxygen atoms in total. The third-order valence-corrected chi connectivity index (χ3v) is 4.41. The van der Waals surface area contributed by atoms with Gasteiger partial charge in [0.25, 0.3) is 5.69 Å². The van der Waals surface area contributed by atoms with Crippen molar-refractivity contribution in [1.82, 2.24) is 9.80 Å². The van der Waals surface area contributed by atoms with Crippen LogP contribution in [0.1, 0.15) is 18.4 Å². The normalized spacial score (nSPS) is 20.6. The van der Waals surface area contributed by atoms with Crippen LogP contribution in [0.4, 0.5) is 11.4 Å². The average Bonchev–Trinajstić information content (AvgIpc) is 3.27. The number of nitrogens with two attached hydrogens (primary N) is 1. The lowest BCUT2D eigenvalue weighted by atomic mass is 10.1. The van der Waals surface area contributed by atoms with Crippen LogP contribution in [0.5, 0.6) is 0 Å². The lowest BCUT2D eigenvalue weighted by Gasteiger charge is -2.34. The number of nitrogens with zero attached hydrogens (tertiary/aromatic N) is 3. The average molecular weight is 290 g/mol. The van der Waals surface area contributed by atoms with Crippen LogP contribution >= 0.6 is 0 Å². The van der Waals surface area contributed by atoms with Gasteiger partial charge in [-0.15, -0.1) is 0 Å². The number of nitrogen functional groups attached to an aromatic ring is 1. The molecule has 3 rings (SSSR count). The van der Waals surface area contributed by atoms with E-state index in [0.717, 1.165) is 37.7 Å². The Morgan fingerprint density at radius 1 is 1.19 bits per heavy atom. The molecule has 1 aliphatic carbocycles. The fourth-order valence-electron chi connectivity index (χ4n) is 2.88. The number of nitro benzene ring substituents is 1. The second kappa shape index (κ2) is 5.99. The van der Waals surface area contributed by atoms with Crippen molar-refractivity contribution in [2.45, 2.75) is 19.4 Å². The molecular formula is C15H22N4O2. The second-order valence-electron chi connectivity index (χ2n) is 6.16. The van der Waals surface area contributed by atoms with Crippen LogP contribution in [0.25, 0.3) is 0 Å². The summed E-state index contributed by atoms with van der Waals surface area (Å²) in [6, 6.07) is 4.70. The Bertz CT molecular complexity index is 522. The van der Waals surface area contributed by atoms with Gasteiger partial charge in [0.1, 0.15) is 0 Å². The first-order valence-corrected chi connectivity index (χ1v) is 7.59. The van der Waals surface area contributed by atoms with E-state index in [9.17, 15) is 10.1 Å². The van der Waals surface area contributed by atoms with E-state index in [1.807, 2.05) is 0 Å². The van der Waals surface area contributed by atoms with Crippen LogP contribution in [-0.2, 0) is 6.54 Å². The topological polar surface area (TPSA) is 75.6 Å². The van der Waals surface area contributed by atoms with Gasteiger partial charge in [-0.3, -0.25) is 15.0 Å². The third-order valence-electron chi connectivity index (χ3n) is 4.41. The van der Waals surface area contributed by atoms with E-state index in [2.05, 4.69) is 9.80 Å². The molecule has 1 aromatic carbocycles. The predicted octanol–water partition coefficient (Wildman–Crippen LogP) is 1.70. The maximum Gasteiger partial charge on any atom is 0.269 e. The van der Waals surface area contributed by atoms with E-state index in [4.69, 9.17) is 5.73 Å². The predicted molar refractivity (Wildman–Crippen MR) is 81.9 cm³/mol. The summed E-state index contributed by atoms with van der Waals surface area (Å²) >= 11 is 0. The zero-order valence-electron chi connectivity index (χ0n) is 12.2. The zero-order chi connectivity index (χ0) is 14.8. The maximum absolute atomic E-state index is 10.9. The summed E-state index contributed by atoms with van der Waals surface area (Å²) in [7, 11) is 0. The number of hydrogen-bond donors (Lipinski definition) is 1. The molecule has 0 aromatic heterocycles. The number of hydrogen-bond acceptors (Lipinski definition) is 5. The minimum absolute atomic E-state index is 0.117. The fraction of sp³-hybridized carbons (Fsp3) is 0.600. The molecule has 1 saturated heterocycles. The van der Waals surface area contributed by atoms with Crippen molar-refractivity contribution in [3.05, 3.63) is 33.9 Å². The van der Waals surface area contributed by atoms with Gasteiger partial charge in [-0.2, -0.15) is 0 Å². The summed E-state index contributed by atoms with van der Waals surface area (Å²) in [5.74, 6) is 0.934. The molecule has 1 aliphatic heterocycles. The van der Waals surface area contributed by atoms with E-state index in [1.54, 1.807) is 12.1 Å². The lowest BCUT2D eigenvalue weighted by Crippen LogP contribution is -2.46. The molecule has 1 saturated carbocycles. The Kier molecular flexibility index (Phi) is 4.07. The summed E-state index contributed by atoms with van der Waals surface area (Å²) in [5, 5.41) is 10.9. The SMILES string of the molecule is Nc1ccc([N+](=O)[O-])cc1CN1CCN(CC2CC2)CC1. The first kappa shape index (κ1) is 14.3. The van der Waals surface area contributed by atoms with Crippen molar-refractivity contribution in [2.75, 3.05) is 38.5 Å². The third kappa shape index (κ3) is 3.71. The largest absolute Gasteiger partial charge is 0.398 e. The summed E-state index contributed by atoms with van der Waals surface area (Å²) in [6.07, 6.45) is 2.79. The summed E-state index contributed by atoms with van der Waals surface area (Å²) in [5.41, 5.74) is 7.57. The van der Waals surface area contributed by atoms with Crippen molar-refractivity contribution in [3.63, 3.8) is 0 Å². The minimum atomic E-state index is -0.365. The van der Waals surface area contributed by atoms with Crippen molar-refractivity contribution in [3.8, 4) is 0 Å². The van der Waals surface area contributed by atoms with Gasteiger partial charge >= 0.3 is 0 Å². The van der Waals surface area contributed by atoms with Crippen molar-refractivity contribution < 1.29 is 4.92 Å². The lowest BCUT2D eigenvalue weighted by molar-refractivity contribution is -0.384. The van der Waals surface area contributed by atoms with Crippen LogP contribution in [0.15, 0.2) is 18.2 Å². The molecule has 6 heteroatoms. The highest BCUT2D eigenvalue weighted by Gasteiger charge is 2.26. The summed E-state index contributed by atoms with van der Waals surface area (Å²) in [4.78, 5) is 15.4. The van der Waals surface area contributed by atoms with Crippen molar-refractivity contribution in [2.24, 2.45) is 5.92 Å². The smallest absolute Gasteiger partial charge is 0.269 e. The number of nitro groups is 1. The Labute approximate surface area is 124 Å². The Morgan fingerprint density at radius 2 is 1.86 bits per heavy atom. The number of rotatable bonds is 5. The van der Waals surface area contributed by atoms with Gasteiger partial charge in [-0.1, -0.05) is 0 Å². The molecule has 0 bridgehead atoms. The maximum atomic E-state index is 10.9. The Balaban J connectivity index is 1.56. The molecule has 0 spiro atoms. The van der Waals surface area contributed by atoms with Crippen LogP contribution in [0.3, 0.4) is 0 Å². The molecule has 0 unspecified atom stereocenters. The van der Waals surface area contributed by atoms with E-state index in [1.165, 1.54) is 25.5 Å². The van der Waals surface area contributed by atoms with Crippen molar-refractivity contribution in [1.29, 1.82) is 0 Å². The van der Waals surface area contributed by atoms with E-state index < -0.39 is 0 Å². The quantitative estimate of drug-likeness (QED) is 0.507. The van der Waals surface area contributed by atoms with E-state index >= 15 is 0 Å². The highest BCUT2D eigenvalue weighted by Crippen LogP contribution is 2.30. The molecule has 2 aliphatic rings. The van der Waals surface area contributed by atoms with Gasteiger partial charge in [0.15, 0.2) is 0 Å². The molecule has 2 N–H and O–H groups in total. The van der Waals surface area contributed by atoms with Gasteiger partial charge in [-0.25, -0.2) is 0 Å². The van der Waals surface area contributed by atoms with Gasteiger partial charge < -0.3 is 10.6 Å².